The van der Waals surface area contributed by atoms with Gasteiger partial charge < -0.3 is 0 Å². The van der Waals surface area contributed by atoms with E-state index in [4.69, 9.17) is 0 Å². The fraction of sp³-hybridized carbons (Fsp3) is 0.364. The van der Waals surface area contributed by atoms with Gasteiger partial charge in [0.1, 0.15) is 11.7 Å². The number of halogens is 3. The molecule has 0 radical (unpaired) electrons. The molecule has 0 aliphatic carbocycles. The van der Waals surface area contributed by atoms with Crippen LogP contribution >= 0.6 is 0 Å². The molecule has 2 rings (SSSR count). The van der Waals surface area contributed by atoms with Crippen molar-refractivity contribution in [2.75, 3.05) is 0 Å². The Morgan fingerprint density at radius 1 is 1.35 bits per heavy atom. The van der Waals surface area contributed by atoms with Crippen LogP contribution in [0.5, 0.6) is 0 Å². The van der Waals surface area contributed by atoms with Gasteiger partial charge in [-0.1, -0.05) is 6.08 Å². The van der Waals surface area contributed by atoms with Crippen molar-refractivity contribution in [2.45, 2.75) is 26.1 Å². The van der Waals surface area contributed by atoms with Crippen molar-refractivity contribution in [2.24, 2.45) is 4.99 Å². The minimum Gasteiger partial charge on any atom is -0.279 e. The molecule has 90 valence electrons. The highest BCUT2D eigenvalue weighted by Crippen LogP contribution is 2.35. The number of rotatable bonds is 2. The van der Waals surface area contributed by atoms with Crippen LogP contribution in [0.25, 0.3) is 5.57 Å². The second kappa shape index (κ2) is 3.94. The van der Waals surface area contributed by atoms with E-state index in [1.54, 1.807) is 19.9 Å². The van der Waals surface area contributed by atoms with E-state index in [-0.39, 0.29) is 17.4 Å². The minimum absolute atomic E-state index is 0.121. The number of aliphatic imine (C=N–C) groups is 1. The average Bonchev–Trinajstić information content (AvgIpc) is 3.10. The fourth-order valence-electron chi connectivity index (χ4n) is 1.39. The Morgan fingerprint density at radius 2 is 2.00 bits per heavy atom. The van der Waals surface area contributed by atoms with E-state index in [1.807, 2.05) is 0 Å². The summed E-state index contributed by atoms with van der Waals surface area (Å²) in [5.74, 6) is 0. The summed E-state index contributed by atoms with van der Waals surface area (Å²) >= 11 is 0. The zero-order valence-corrected chi connectivity index (χ0v) is 9.28. The normalized spacial score (nSPS) is 19.6. The van der Waals surface area contributed by atoms with Gasteiger partial charge in [0.05, 0.1) is 11.3 Å². The van der Waals surface area contributed by atoms with Crippen molar-refractivity contribution < 1.29 is 13.2 Å². The summed E-state index contributed by atoms with van der Waals surface area (Å²) in [5, 5.41) is 7.43. The second-order valence-electron chi connectivity index (χ2n) is 3.74. The molecule has 1 aliphatic rings. The Morgan fingerprint density at radius 3 is 2.47 bits per heavy atom. The lowest BCUT2D eigenvalue weighted by Gasteiger charge is -2.12. The molecule has 1 aliphatic heterocycles. The van der Waals surface area contributed by atoms with E-state index in [2.05, 4.69) is 15.2 Å². The molecule has 0 spiro atoms. The lowest BCUT2D eigenvalue weighted by molar-refractivity contribution is -0.138. The topological polar surface area (TPSA) is 38.1 Å². The number of nitrogens with zero attached hydrogens (tertiary/aromatic N) is 3. The molecule has 0 aromatic carbocycles. The van der Waals surface area contributed by atoms with Crippen LogP contribution in [0.1, 0.15) is 36.8 Å². The molecule has 0 saturated heterocycles. The highest BCUT2D eigenvalue weighted by atomic mass is 19.4. The molecule has 0 saturated carbocycles. The fourth-order valence-corrected chi connectivity index (χ4v) is 1.39. The van der Waals surface area contributed by atoms with Crippen molar-refractivity contribution in [3.63, 3.8) is 0 Å². The summed E-state index contributed by atoms with van der Waals surface area (Å²) in [7, 11) is 0. The zero-order chi connectivity index (χ0) is 12.6. The standard InChI is InChI=1S/C11H10F3N3/c1-3-6(2)10-7(11(12,13)14)4-8(16-17-10)9-5-15-9/h3-5,9H,1-2H3/b6-3+. The van der Waals surface area contributed by atoms with E-state index in [9.17, 15) is 13.2 Å². The molecule has 1 aromatic rings. The second-order valence-corrected chi connectivity index (χ2v) is 3.74. The quantitative estimate of drug-likeness (QED) is 0.798. The Bertz CT molecular complexity index is 497. The highest BCUT2D eigenvalue weighted by molar-refractivity contribution is 5.79. The Labute approximate surface area is 96.1 Å². The summed E-state index contributed by atoms with van der Waals surface area (Å²) in [6, 6.07) is 0.691. The summed E-state index contributed by atoms with van der Waals surface area (Å²) in [6.45, 7) is 3.24. The third-order valence-electron chi connectivity index (χ3n) is 2.53. The number of hydrogen-bond acceptors (Lipinski definition) is 3. The molecule has 17 heavy (non-hydrogen) atoms. The predicted molar refractivity (Wildman–Crippen MR) is 57.6 cm³/mol. The van der Waals surface area contributed by atoms with Crippen molar-refractivity contribution in [3.05, 3.63) is 29.1 Å². The Balaban J connectivity index is 2.52. The van der Waals surface area contributed by atoms with Crippen LogP contribution in [0.3, 0.4) is 0 Å². The highest BCUT2D eigenvalue weighted by Gasteiger charge is 2.36. The molecule has 1 aromatic heterocycles. The lowest BCUT2D eigenvalue weighted by Crippen LogP contribution is -2.12. The summed E-state index contributed by atoms with van der Waals surface area (Å²) in [5.41, 5.74) is -0.184. The largest absolute Gasteiger partial charge is 0.418 e. The number of alkyl halides is 3. The van der Waals surface area contributed by atoms with Crippen molar-refractivity contribution in [1.82, 2.24) is 10.2 Å². The lowest BCUT2D eigenvalue weighted by atomic mass is 10.1. The minimum atomic E-state index is -4.43. The van der Waals surface area contributed by atoms with E-state index < -0.39 is 11.7 Å². The molecule has 0 bridgehead atoms. The predicted octanol–water partition coefficient (Wildman–Crippen LogP) is 3.04. The van der Waals surface area contributed by atoms with Crippen LogP contribution in [0.15, 0.2) is 17.1 Å². The van der Waals surface area contributed by atoms with Gasteiger partial charge in [-0.15, -0.1) is 5.10 Å². The Kier molecular flexibility index (Phi) is 2.73. The molecule has 2 heterocycles. The van der Waals surface area contributed by atoms with Crippen LogP contribution in [0, 0.1) is 0 Å². The maximum Gasteiger partial charge on any atom is 0.418 e. The maximum absolute atomic E-state index is 12.9. The van der Waals surface area contributed by atoms with Gasteiger partial charge in [-0.3, -0.25) is 4.99 Å². The molecule has 1 atom stereocenters. The van der Waals surface area contributed by atoms with Gasteiger partial charge >= 0.3 is 6.18 Å². The van der Waals surface area contributed by atoms with Crippen molar-refractivity contribution in [1.29, 1.82) is 0 Å². The van der Waals surface area contributed by atoms with Gasteiger partial charge in [-0.2, -0.15) is 18.3 Å². The van der Waals surface area contributed by atoms with Crippen LogP contribution in [-0.2, 0) is 6.18 Å². The van der Waals surface area contributed by atoms with E-state index >= 15 is 0 Å². The van der Waals surface area contributed by atoms with E-state index in [1.165, 1.54) is 6.21 Å². The first-order valence-electron chi connectivity index (χ1n) is 5.05. The van der Waals surface area contributed by atoms with Gasteiger partial charge in [-0.05, 0) is 25.5 Å². The summed E-state index contributed by atoms with van der Waals surface area (Å²) < 4.78 is 38.6. The third-order valence-corrected chi connectivity index (χ3v) is 2.53. The monoisotopic (exact) mass is 241 g/mol. The summed E-state index contributed by atoms with van der Waals surface area (Å²) in [4.78, 5) is 3.78. The smallest absolute Gasteiger partial charge is 0.279 e. The van der Waals surface area contributed by atoms with Crippen LogP contribution in [0.4, 0.5) is 13.2 Å². The van der Waals surface area contributed by atoms with Gasteiger partial charge in [0.25, 0.3) is 0 Å². The van der Waals surface area contributed by atoms with Crippen molar-refractivity contribution >= 4 is 11.8 Å². The molecular weight excluding hydrogens is 231 g/mol. The van der Waals surface area contributed by atoms with Gasteiger partial charge in [0.15, 0.2) is 0 Å². The average molecular weight is 241 g/mol. The number of hydrogen-bond donors (Lipinski definition) is 0. The number of allylic oxidation sites excluding steroid dienone is 2. The first-order chi connectivity index (χ1) is 7.93. The van der Waals surface area contributed by atoms with Gasteiger partial charge in [0.2, 0.25) is 0 Å². The zero-order valence-electron chi connectivity index (χ0n) is 9.28. The van der Waals surface area contributed by atoms with Crippen LogP contribution < -0.4 is 0 Å². The SMILES string of the molecule is C/C=C(\C)c1nnc(C2C=N2)cc1C(F)(F)F. The van der Waals surface area contributed by atoms with Crippen LogP contribution in [-0.4, -0.2) is 16.4 Å². The first kappa shape index (κ1) is 11.8. The molecular formula is C11H10F3N3. The molecule has 0 amide bonds. The third kappa shape index (κ3) is 2.35. The van der Waals surface area contributed by atoms with Crippen LogP contribution in [0.2, 0.25) is 0 Å². The summed E-state index contributed by atoms with van der Waals surface area (Å²) in [6.07, 6.45) is -1.32. The van der Waals surface area contributed by atoms with Gasteiger partial charge in [-0.25, -0.2) is 0 Å². The van der Waals surface area contributed by atoms with Gasteiger partial charge in [0, 0.05) is 6.21 Å². The van der Waals surface area contributed by atoms with E-state index in [0.717, 1.165) is 6.07 Å². The molecule has 0 fully saturated rings. The van der Waals surface area contributed by atoms with E-state index in [0.29, 0.717) is 5.57 Å². The first-order valence-corrected chi connectivity index (χ1v) is 5.05. The molecule has 1 unspecified atom stereocenters. The number of aromatic nitrogens is 2. The maximum atomic E-state index is 12.9. The van der Waals surface area contributed by atoms with Crippen molar-refractivity contribution in [3.8, 4) is 0 Å². The molecule has 3 nitrogen and oxygen atoms in total. The molecule has 6 heteroatoms. The Hall–Kier alpha value is -1.72. The molecule has 0 N–H and O–H groups in total.